The van der Waals surface area contributed by atoms with E-state index in [1.807, 2.05) is 4.72 Å². The fraction of sp³-hybridized carbons (Fsp3) is 0.300. The number of carbonyl (C=O) groups is 1. The maximum absolute atomic E-state index is 12.0. The molecule has 0 aliphatic rings. The first-order valence-electron chi connectivity index (χ1n) is 5.28. The summed E-state index contributed by atoms with van der Waals surface area (Å²) in [5, 5.41) is 19.6. The molecule has 0 aliphatic heterocycles. The van der Waals surface area contributed by atoms with Gasteiger partial charge >= 0.3 is 5.97 Å². The van der Waals surface area contributed by atoms with Crippen molar-refractivity contribution in [1.82, 2.24) is 4.72 Å². The van der Waals surface area contributed by atoms with Gasteiger partial charge in [0.25, 0.3) is 5.69 Å². The Hall–Kier alpha value is -2.00. The molecule has 0 aromatic heterocycles. The van der Waals surface area contributed by atoms with Crippen LogP contribution in [0.4, 0.5) is 5.69 Å². The molecule has 1 rings (SSSR count). The van der Waals surface area contributed by atoms with E-state index >= 15 is 0 Å². The van der Waals surface area contributed by atoms with E-state index in [0.717, 1.165) is 12.1 Å². The van der Waals surface area contributed by atoms with Gasteiger partial charge in [0, 0.05) is 6.07 Å². The first-order chi connectivity index (χ1) is 8.79. The summed E-state index contributed by atoms with van der Waals surface area (Å²) in [6, 6.07) is 3.41. The largest absolute Gasteiger partial charge is 0.480 e. The van der Waals surface area contributed by atoms with Gasteiger partial charge in [0.15, 0.2) is 4.90 Å². The van der Waals surface area contributed by atoms with Crippen LogP contribution >= 0.6 is 0 Å². The monoisotopic (exact) mass is 288 g/mol. The van der Waals surface area contributed by atoms with E-state index in [-0.39, 0.29) is 6.42 Å². The lowest BCUT2D eigenvalue weighted by atomic mass is 10.2. The Kier molecular flexibility index (Phi) is 4.57. The Labute approximate surface area is 109 Å². The van der Waals surface area contributed by atoms with E-state index in [1.54, 1.807) is 0 Å². The summed E-state index contributed by atoms with van der Waals surface area (Å²) in [6.45, 7) is 1.49. The fourth-order valence-electron chi connectivity index (χ4n) is 1.39. The van der Waals surface area contributed by atoms with Gasteiger partial charge in [0.1, 0.15) is 6.04 Å². The lowest BCUT2D eigenvalue weighted by molar-refractivity contribution is -0.387. The van der Waals surface area contributed by atoms with Crippen molar-refractivity contribution < 1.29 is 23.2 Å². The number of aliphatic carboxylic acids is 1. The Morgan fingerprint density at radius 3 is 2.53 bits per heavy atom. The van der Waals surface area contributed by atoms with E-state index < -0.39 is 37.5 Å². The molecule has 1 aromatic carbocycles. The normalized spacial score (nSPS) is 12.9. The number of hydrogen-bond donors (Lipinski definition) is 2. The Bertz CT molecular complexity index is 598. The van der Waals surface area contributed by atoms with Gasteiger partial charge in [0.2, 0.25) is 10.0 Å². The quantitative estimate of drug-likeness (QED) is 0.587. The third-order valence-electron chi connectivity index (χ3n) is 2.36. The predicted molar refractivity (Wildman–Crippen MR) is 65.1 cm³/mol. The van der Waals surface area contributed by atoms with Gasteiger partial charge in [0.05, 0.1) is 4.92 Å². The van der Waals surface area contributed by atoms with Crippen molar-refractivity contribution in [3.8, 4) is 0 Å². The number of nitro groups is 1. The molecule has 8 nitrogen and oxygen atoms in total. The molecule has 0 saturated heterocycles. The first-order valence-corrected chi connectivity index (χ1v) is 6.76. The number of benzene rings is 1. The highest BCUT2D eigenvalue weighted by Crippen LogP contribution is 2.23. The van der Waals surface area contributed by atoms with E-state index in [1.165, 1.54) is 19.1 Å². The van der Waals surface area contributed by atoms with Crippen LogP contribution in [0.3, 0.4) is 0 Å². The third kappa shape index (κ3) is 3.48. The van der Waals surface area contributed by atoms with Crippen molar-refractivity contribution in [1.29, 1.82) is 0 Å². The molecule has 1 aromatic rings. The average Bonchev–Trinajstić information content (AvgIpc) is 2.35. The first kappa shape index (κ1) is 15.1. The van der Waals surface area contributed by atoms with Crippen LogP contribution in [0.2, 0.25) is 0 Å². The number of nitro benzene ring substituents is 1. The molecule has 2 N–H and O–H groups in total. The van der Waals surface area contributed by atoms with E-state index in [4.69, 9.17) is 5.11 Å². The number of carboxylic acids is 1. The smallest absolute Gasteiger partial charge is 0.321 e. The Balaban J connectivity index is 3.21. The summed E-state index contributed by atoms with van der Waals surface area (Å²) in [7, 11) is -4.26. The maximum Gasteiger partial charge on any atom is 0.321 e. The van der Waals surface area contributed by atoms with Gasteiger partial charge in [-0.25, -0.2) is 8.42 Å². The number of rotatable bonds is 6. The third-order valence-corrected chi connectivity index (χ3v) is 3.87. The molecule has 0 bridgehead atoms. The van der Waals surface area contributed by atoms with Crippen molar-refractivity contribution in [2.24, 2.45) is 0 Å². The van der Waals surface area contributed by atoms with E-state index in [2.05, 4.69) is 0 Å². The number of hydrogen-bond acceptors (Lipinski definition) is 5. The van der Waals surface area contributed by atoms with Crippen LogP contribution in [-0.4, -0.2) is 30.5 Å². The van der Waals surface area contributed by atoms with Gasteiger partial charge < -0.3 is 5.11 Å². The van der Waals surface area contributed by atoms with Gasteiger partial charge in [-0.3, -0.25) is 14.9 Å². The zero-order valence-corrected chi connectivity index (χ0v) is 10.8. The lowest BCUT2D eigenvalue weighted by Gasteiger charge is -2.12. The number of para-hydroxylation sites is 1. The van der Waals surface area contributed by atoms with Gasteiger partial charge in [-0.1, -0.05) is 19.1 Å². The molecular weight excluding hydrogens is 276 g/mol. The minimum atomic E-state index is -4.26. The van der Waals surface area contributed by atoms with Crippen molar-refractivity contribution in [2.45, 2.75) is 24.3 Å². The molecular formula is C10H12N2O6S. The number of nitrogens with one attached hydrogen (secondary N) is 1. The summed E-state index contributed by atoms with van der Waals surface area (Å²) in [5.74, 6) is -1.34. The highest BCUT2D eigenvalue weighted by Gasteiger charge is 2.29. The second kappa shape index (κ2) is 5.76. The Morgan fingerprint density at radius 2 is 2.05 bits per heavy atom. The minimum absolute atomic E-state index is 0.0230. The van der Waals surface area contributed by atoms with Crippen LogP contribution in [0.5, 0.6) is 0 Å². The molecule has 0 amide bonds. The standard InChI is InChI=1S/C10H12N2O6S/c1-2-7(10(13)14)11-19(17,18)9-6-4-3-5-8(9)12(15)16/h3-7,11H,2H2,1H3,(H,13,14). The molecule has 0 fully saturated rings. The van der Waals surface area contributed by atoms with Crippen LogP contribution in [-0.2, 0) is 14.8 Å². The number of sulfonamides is 1. The van der Waals surface area contributed by atoms with Crippen LogP contribution in [0, 0.1) is 10.1 Å². The average molecular weight is 288 g/mol. The zero-order valence-electron chi connectivity index (χ0n) is 9.94. The minimum Gasteiger partial charge on any atom is -0.480 e. The molecule has 1 unspecified atom stereocenters. The fourth-order valence-corrected chi connectivity index (χ4v) is 2.84. The second-order valence-electron chi connectivity index (χ2n) is 3.65. The summed E-state index contributed by atoms with van der Waals surface area (Å²) < 4.78 is 25.8. The predicted octanol–water partition coefficient (Wildman–Crippen LogP) is 0.736. The SMILES string of the molecule is CCC(NS(=O)(=O)c1ccccc1[N+](=O)[O-])C(=O)O. The van der Waals surface area contributed by atoms with E-state index in [9.17, 15) is 23.3 Å². The number of carboxylic acid groups (broad SMARTS) is 1. The summed E-state index contributed by atoms with van der Waals surface area (Å²) in [5.41, 5.74) is -0.602. The molecule has 104 valence electrons. The summed E-state index contributed by atoms with van der Waals surface area (Å²) >= 11 is 0. The zero-order chi connectivity index (χ0) is 14.6. The molecule has 0 heterocycles. The molecule has 0 radical (unpaired) electrons. The van der Waals surface area contributed by atoms with Crippen molar-refractivity contribution >= 4 is 21.7 Å². The molecule has 1 atom stereocenters. The highest BCUT2D eigenvalue weighted by atomic mass is 32.2. The second-order valence-corrected chi connectivity index (χ2v) is 5.33. The van der Waals surface area contributed by atoms with E-state index in [0.29, 0.717) is 0 Å². The van der Waals surface area contributed by atoms with Crippen molar-refractivity contribution in [3.63, 3.8) is 0 Å². The van der Waals surface area contributed by atoms with Crippen LogP contribution in [0.1, 0.15) is 13.3 Å². The molecule has 0 aliphatic carbocycles. The topological polar surface area (TPSA) is 127 Å². The molecule has 0 saturated carbocycles. The summed E-state index contributed by atoms with van der Waals surface area (Å²) in [6.07, 6.45) is 0.0230. The van der Waals surface area contributed by atoms with Gasteiger partial charge in [-0.2, -0.15) is 4.72 Å². The molecule has 9 heteroatoms. The molecule has 0 spiro atoms. The highest BCUT2D eigenvalue weighted by molar-refractivity contribution is 7.89. The van der Waals surface area contributed by atoms with Crippen molar-refractivity contribution in [2.75, 3.05) is 0 Å². The van der Waals surface area contributed by atoms with Crippen LogP contribution in [0.25, 0.3) is 0 Å². The maximum atomic E-state index is 12.0. The van der Waals surface area contributed by atoms with Crippen molar-refractivity contribution in [3.05, 3.63) is 34.4 Å². The van der Waals surface area contributed by atoms with Crippen LogP contribution < -0.4 is 4.72 Å². The number of nitrogens with zero attached hydrogens (tertiary/aromatic N) is 1. The van der Waals surface area contributed by atoms with Crippen LogP contribution in [0.15, 0.2) is 29.2 Å². The van der Waals surface area contributed by atoms with Gasteiger partial charge in [-0.15, -0.1) is 0 Å². The molecule has 19 heavy (non-hydrogen) atoms. The van der Waals surface area contributed by atoms with Gasteiger partial charge in [-0.05, 0) is 12.5 Å². The Morgan fingerprint density at radius 1 is 1.47 bits per heavy atom. The lowest BCUT2D eigenvalue weighted by Crippen LogP contribution is -2.40. The summed E-state index contributed by atoms with van der Waals surface area (Å²) in [4.78, 5) is 20.2.